The minimum Gasteiger partial charge on any atom is -0.337 e. The van der Waals surface area contributed by atoms with Gasteiger partial charge in [0.2, 0.25) is 0 Å². The zero-order chi connectivity index (χ0) is 17.9. The lowest BCUT2D eigenvalue weighted by atomic mass is 10.1. The quantitative estimate of drug-likeness (QED) is 0.839. The van der Waals surface area contributed by atoms with Crippen molar-refractivity contribution in [2.75, 3.05) is 12.3 Å². The number of urea groups is 1. The fraction of sp³-hybridized carbons (Fsp3) is 0.278. The molecule has 1 unspecified atom stereocenters. The molecule has 0 saturated carbocycles. The van der Waals surface area contributed by atoms with Crippen molar-refractivity contribution in [2.45, 2.75) is 23.8 Å². The fourth-order valence-electron chi connectivity index (χ4n) is 3.01. The van der Waals surface area contributed by atoms with Gasteiger partial charge in [0, 0.05) is 11.6 Å². The Balaban J connectivity index is 1.53. The topological polar surface area (TPSA) is 75.3 Å². The molecule has 2 N–H and O–H groups in total. The molecule has 0 fully saturated rings. The van der Waals surface area contributed by atoms with Gasteiger partial charge in [0.25, 0.3) is 0 Å². The van der Waals surface area contributed by atoms with E-state index in [1.807, 2.05) is 18.2 Å². The molecule has 132 valence electrons. The van der Waals surface area contributed by atoms with E-state index in [1.54, 1.807) is 30.3 Å². The number of benzene rings is 2. The Labute approximate surface area is 152 Å². The van der Waals surface area contributed by atoms with Gasteiger partial charge < -0.3 is 10.6 Å². The Hall–Kier alpha value is -2.05. The minimum absolute atomic E-state index is 0.0538. The maximum Gasteiger partial charge on any atom is 0.315 e. The lowest BCUT2D eigenvalue weighted by Crippen LogP contribution is -2.39. The van der Waals surface area contributed by atoms with Crippen LogP contribution in [0.2, 0.25) is 5.02 Å². The number of sulfone groups is 1. The van der Waals surface area contributed by atoms with Gasteiger partial charge in [-0.25, -0.2) is 13.2 Å². The highest BCUT2D eigenvalue weighted by atomic mass is 35.5. The van der Waals surface area contributed by atoms with Gasteiger partial charge in [-0.05, 0) is 42.2 Å². The van der Waals surface area contributed by atoms with Crippen molar-refractivity contribution < 1.29 is 13.2 Å². The van der Waals surface area contributed by atoms with Gasteiger partial charge in [-0.3, -0.25) is 0 Å². The summed E-state index contributed by atoms with van der Waals surface area (Å²) in [6, 6.07) is 13.4. The van der Waals surface area contributed by atoms with E-state index in [-0.39, 0.29) is 29.3 Å². The Morgan fingerprint density at radius 2 is 1.88 bits per heavy atom. The third kappa shape index (κ3) is 4.14. The Kier molecular flexibility index (Phi) is 5.30. The first-order chi connectivity index (χ1) is 12.0. The minimum atomic E-state index is -3.40. The van der Waals surface area contributed by atoms with Gasteiger partial charge in [0.1, 0.15) is 0 Å². The van der Waals surface area contributed by atoms with Crippen molar-refractivity contribution in [3.05, 3.63) is 64.7 Å². The average molecular weight is 379 g/mol. The zero-order valence-electron chi connectivity index (χ0n) is 13.5. The first-order valence-corrected chi connectivity index (χ1v) is 10.1. The summed E-state index contributed by atoms with van der Waals surface area (Å²) in [4.78, 5) is 12.3. The summed E-state index contributed by atoms with van der Waals surface area (Å²) >= 11 is 6.17. The standard InChI is InChI=1S/C18H19ClN2O3S/c19-16-8-4-7-15-14(16)9-10-17(15)21-18(22)20-11-12-25(23,24)13-5-2-1-3-6-13/h1-8,17H,9-12H2,(H2,20,21,22). The molecule has 3 rings (SSSR count). The third-order valence-corrected chi connectivity index (χ3v) is 6.36. The molecule has 1 aliphatic rings. The van der Waals surface area contributed by atoms with Gasteiger partial charge in [-0.2, -0.15) is 0 Å². The third-order valence-electron chi connectivity index (χ3n) is 4.28. The second kappa shape index (κ2) is 7.45. The Morgan fingerprint density at radius 1 is 1.12 bits per heavy atom. The van der Waals surface area contributed by atoms with Crippen LogP contribution in [0.3, 0.4) is 0 Å². The first kappa shape index (κ1) is 17.8. The molecule has 2 amide bonds. The molecular weight excluding hydrogens is 360 g/mol. The average Bonchev–Trinajstić information content (AvgIpc) is 3.00. The summed E-state index contributed by atoms with van der Waals surface area (Å²) in [6.45, 7) is 0.0538. The molecule has 0 spiro atoms. The van der Waals surface area contributed by atoms with Crippen LogP contribution in [0.1, 0.15) is 23.6 Å². The summed E-state index contributed by atoms with van der Waals surface area (Å²) in [6.07, 6.45) is 1.61. The molecule has 7 heteroatoms. The first-order valence-electron chi connectivity index (χ1n) is 8.07. The van der Waals surface area contributed by atoms with E-state index >= 15 is 0 Å². The van der Waals surface area contributed by atoms with Gasteiger partial charge in [-0.15, -0.1) is 0 Å². The molecule has 2 aromatic carbocycles. The van der Waals surface area contributed by atoms with E-state index in [9.17, 15) is 13.2 Å². The van der Waals surface area contributed by atoms with Crippen molar-refractivity contribution in [3.8, 4) is 0 Å². The summed E-state index contributed by atoms with van der Waals surface area (Å²) < 4.78 is 24.3. The number of hydrogen-bond acceptors (Lipinski definition) is 3. The lowest BCUT2D eigenvalue weighted by Gasteiger charge is -2.15. The van der Waals surface area contributed by atoms with Crippen LogP contribution in [-0.2, 0) is 16.3 Å². The number of carbonyl (C=O) groups is 1. The number of fused-ring (bicyclic) bond motifs is 1. The smallest absolute Gasteiger partial charge is 0.315 e. The highest BCUT2D eigenvalue weighted by Gasteiger charge is 2.25. The van der Waals surface area contributed by atoms with Crippen LogP contribution >= 0.6 is 11.6 Å². The summed E-state index contributed by atoms with van der Waals surface area (Å²) in [5, 5.41) is 6.22. The Bertz CT molecular complexity index is 869. The zero-order valence-corrected chi connectivity index (χ0v) is 15.1. The van der Waals surface area contributed by atoms with Crippen LogP contribution in [0.5, 0.6) is 0 Å². The van der Waals surface area contributed by atoms with Crippen LogP contribution in [0.25, 0.3) is 0 Å². The van der Waals surface area contributed by atoms with Crippen molar-refractivity contribution in [2.24, 2.45) is 0 Å². The van der Waals surface area contributed by atoms with Gasteiger partial charge in [-0.1, -0.05) is 41.9 Å². The number of amides is 2. The summed E-state index contributed by atoms with van der Waals surface area (Å²) in [7, 11) is -3.40. The van der Waals surface area contributed by atoms with Gasteiger partial charge in [0.15, 0.2) is 9.84 Å². The van der Waals surface area contributed by atoms with Crippen LogP contribution in [0.15, 0.2) is 53.4 Å². The van der Waals surface area contributed by atoms with Crippen molar-refractivity contribution in [1.29, 1.82) is 0 Å². The monoisotopic (exact) mass is 378 g/mol. The van der Waals surface area contributed by atoms with Gasteiger partial charge in [0.05, 0.1) is 16.7 Å². The molecule has 0 aromatic heterocycles. The van der Waals surface area contributed by atoms with E-state index in [4.69, 9.17) is 11.6 Å². The maximum atomic E-state index is 12.2. The normalized spacial score (nSPS) is 16.3. The number of halogens is 1. The van der Waals surface area contributed by atoms with Crippen LogP contribution < -0.4 is 10.6 Å². The molecule has 0 saturated heterocycles. The van der Waals surface area contributed by atoms with E-state index in [1.165, 1.54) is 0 Å². The molecule has 0 heterocycles. The molecule has 1 atom stereocenters. The van der Waals surface area contributed by atoms with Crippen molar-refractivity contribution in [1.82, 2.24) is 10.6 Å². The molecule has 25 heavy (non-hydrogen) atoms. The summed E-state index contributed by atoms with van der Waals surface area (Å²) in [5.74, 6) is -0.141. The molecular formula is C18H19ClN2O3S. The SMILES string of the molecule is O=C(NCCS(=O)(=O)c1ccccc1)NC1CCc2c(Cl)cccc21. The highest BCUT2D eigenvalue weighted by Crippen LogP contribution is 2.35. The second-order valence-electron chi connectivity index (χ2n) is 5.93. The number of rotatable bonds is 5. The van der Waals surface area contributed by atoms with Crippen molar-refractivity contribution >= 4 is 27.5 Å². The maximum absolute atomic E-state index is 12.2. The Morgan fingerprint density at radius 3 is 2.64 bits per heavy atom. The number of nitrogens with one attached hydrogen (secondary N) is 2. The predicted octanol–water partition coefficient (Wildman–Crippen LogP) is 3.10. The number of carbonyl (C=O) groups excluding carboxylic acids is 1. The van der Waals surface area contributed by atoms with Gasteiger partial charge >= 0.3 is 6.03 Å². The highest BCUT2D eigenvalue weighted by molar-refractivity contribution is 7.91. The molecule has 0 bridgehead atoms. The van der Waals surface area contributed by atoms with E-state index in [0.717, 1.165) is 29.0 Å². The van der Waals surface area contributed by atoms with E-state index < -0.39 is 9.84 Å². The summed E-state index contributed by atoms with van der Waals surface area (Å²) in [5.41, 5.74) is 2.10. The number of hydrogen-bond donors (Lipinski definition) is 2. The second-order valence-corrected chi connectivity index (χ2v) is 8.45. The van der Waals surface area contributed by atoms with Crippen LogP contribution in [0.4, 0.5) is 4.79 Å². The predicted molar refractivity (Wildman–Crippen MR) is 97.5 cm³/mol. The molecule has 5 nitrogen and oxygen atoms in total. The fourth-order valence-corrected chi connectivity index (χ4v) is 4.47. The van der Waals surface area contributed by atoms with Crippen LogP contribution in [0, 0.1) is 0 Å². The molecule has 0 aliphatic heterocycles. The molecule has 2 aromatic rings. The van der Waals surface area contributed by atoms with Crippen LogP contribution in [-0.4, -0.2) is 26.7 Å². The lowest BCUT2D eigenvalue weighted by molar-refractivity contribution is 0.237. The largest absolute Gasteiger partial charge is 0.337 e. The molecule has 1 aliphatic carbocycles. The molecule has 0 radical (unpaired) electrons. The van der Waals surface area contributed by atoms with E-state index in [2.05, 4.69) is 10.6 Å². The van der Waals surface area contributed by atoms with E-state index in [0.29, 0.717) is 0 Å². The van der Waals surface area contributed by atoms with Crippen molar-refractivity contribution in [3.63, 3.8) is 0 Å².